The predicted molar refractivity (Wildman–Crippen MR) is 257 cm³/mol. The van der Waals surface area contributed by atoms with Gasteiger partial charge < -0.3 is 8.98 Å². The minimum Gasteiger partial charge on any atom is -0.456 e. The molecule has 0 aliphatic carbocycles. The quantitative estimate of drug-likeness (QED) is 0.178. The molecule has 62 heavy (non-hydrogen) atoms. The molecule has 0 aliphatic rings. The minimum atomic E-state index is 0.544. The number of hydrogen-bond donors (Lipinski definition) is 0. The summed E-state index contributed by atoms with van der Waals surface area (Å²) in [6.07, 6.45) is 0. The van der Waals surface area contributed by atoms with Crippen LogP contribution in [0.15, 0.2) is 192 Å². The first kappa shape index (κ1) is 33.7. The van der Waals surface area contributed by atoms with Gasteiger partial charge in [0, 0.05) is 58.1 Å². The Balaban J connectivity index is 1.14. The lowest BCUT2D eigenvalue weighted by Gasteiger charge is -2.17. The van der Waals surface area contributed by atoms with E-state index in [1.165, 1.54) is 36.3 Å². The number of para-hydroxylation sites is 4. The number of thiophene rings is 1. The molecule has 14 rings (SSSR count). The Morgan fingerprint density at radius 3 is 1.76 bits per heavy atom. The van der Waals surface area contributed by atoms with Gasteiger partial charge in [-0.15, -0.1) is 11.3 Å². The first-order chi connectivity index (χ1) is 30.7. The van der Waals surface area contributed by atoms with Crippen LogP contribution in [0, 0.1) is 0 Å². The summed E-state index contributed by atoms with van der Waals surface area (Å²) in [5, 5.41) is 11.5. The molecule has 0 spiro atoms. The molecule has 0 N–H and O–H groups in total. The van der Waals surface area contributed by atoms with E-state index >= 15 is 0 Å². The second-order valence-electron chi connectivity index (χ2n) is 16.0. The zero-order valence-electron chi connectivity index (χ0n) is 33.0. The van der Waals surface area contributed by atoms with Gasteiger partial charge in [0.15, 0.2) is 11.6 Å². The summed E-state index contributed by atoms with van der Waals surface area (Å²) in [5.41, 5.74) is 8.72. The predicted octanol–water partition coefficient (Wildman–Crippen LogP) is 14.8. The summed E-state index contributed by atoms with van der Waals surface area (Å²) in [4.78, 5) is 16.5. The third-order valence-corrected chi connectivity index (χ3v) is 13.7. The highest BCUT2D eigenvalue weighted by molar-refractivity contribution is 7.26. The van der Waals surface area contributed by atoms with Crippen LogP contribution >= 0.6 is 11.3 Å². The maximum absolute atomic E-state index is 6.44. The first-order valence-corrected chi connectivity index (χ1v) is 21.6. The number of rotatable bonds is 4. The van der Waals surface area contributed by atoms with Gasteiger partial charge in [-0.05, 0) is 77.5 Å². The summed E-state index contributed by atoms with van der Waals surface area (Å²) < 4.78 is 13.4. The Morgan fingerprint density at radius 2 is 0.984 bits per heavy atom. The highest BCUT2D eigenvalue weighted by Crippen LogP contribution is 2.46. The molecular weight excluding hydrogens is 779 g/mol. The zero-order valence-corrected chi connectivity index (χ0v) is 33.8. The van der Waals surface area contributed by atoms with E-state index in [2.05, 4.69) is 179 Å². The zero-order chi connectivity index (χ0) is 40.5. The van der Waals surface area contributed by atoms with Crippen LogP contribution < -0.4 is 0 Å². The van der Waals surface area contributed by atoms with Gasteiger partial charge in [-0.25, -0.2) is 4.98 Å². The lowest BCUT2D eigenvalue weighted by atomic mass is 10.0. The summed E-state index contributed by atoms with van der Waals surface area (Å²) >= 11 is 1.80. The van der Waals surface area contributed by atoms with E-state index in [0.717, 1.165) is 77.0 Å². The summed E-state index contributed by atoms with van der Waals surface area (Å²) in [6.45, 7) is 0. The lowest BCUT2D eigenvalue weighted by molar-refractivity contribution is 0.669. The van der Waals surface area contributed by atoms with Crippen molar-refractivity contribution in [2.24, 2.45) is 0 Å². The van der Waals surface area contributed by atoms with Crippen molar-refractivity contribution in [3.63, 3.8) is 0 Å². The normalized spacial score (nSPS) is 12.2. The van der Waals surface area contributed by atoms with Crippen LogP contribution in [0.25, 0.3) is 131 Å². The molecule has 0 atom stereocenters. The van der Waals surface area contributed by atoms with E-state index in [1.54, 1.807) is 11.3 Å². The first-order valence-electron chi connectivity index (χ1n) is 20.8. The lowest BCUT2D eigenvalue weighted by Crippen LogP contribution is -2.08. The van der Waals surface area contributed by atoms with Crippen molar-refractivity contribution >= 4 is 108 Å². The molecule has 0 aliphatic heterocycles. The molecular formula is C55H31N5OS. The molecule has 6 nitrogen and oxygen atoms in total. The van der Waals surface area contributed by atoms with Gasteiger partial charge in [0.2, 0.25) is 5.95 Å². The molecule has 9 aromatic carbocycles. The van der Waals surface area contributed by atoms with Crippen LogP contribution in [-0.4, -0.2) is 24.1 Å². The summed E-state index contributed by atoms with van der Waals surface area (Å²) in [7, 11) is 0. The van der Waals surface area contributed by atoms with E-state index in [0.29, 0.717) is 17.6 Å². The van der Waals surface area contributed by atoms with E-state index in [-0.39, 0.29) is 0 Å². The number of furan rings is 1. The largest absolute Gasteiger partial charge is 0.456 e. The number of nitrogens with zero attached hydrogens (tertiary/aromatic N) is 5. The summed E-state index contributed by atoms with van der Waals surface area (Å²) in [6, 6.07) is 66.7. The Labute approximate surface area is 357 Å². The van der Waals surface area contributed by atoms with Crippen LogP contribution in [0.5, 0.6) is 0 Å². The molecule has 0 bridgehead atoms. The van der Waals surface area contributed by atoms with Crippen molar-refractivity contribution in [2.45, 2.75) is 0 Å². The Bertz CT molecular complexity index is 4130. The fourth-order valence-corrected chi connectivity index (χ4v) is 11.0. The van der Waals surface area contributed by atoms with Gasteiger partial charge in [-0.3, -0.25) is 4.57 Å². The highest BCUT2D eigenvalue weighted by atomic mass is 32.1. The average Bonchev–Trinajstić information content (AvgIpc) is 4.08. The molecule has 0 unspecified atom stereocenters. The van der Waals surface area contributed by atoms with Gasteiger partial charge in [0.1, 0.15) is 11.2 Å². The van der Waals surface area contributed by atoms with E-state index in [1.807, 2.05) is 18.2 Å². The van der Waals surface area contributed by atoms with Crippen LogP contribution in [0.4, 0.5) is 0 Å². The SMILES string of the molecule is c1ccc2cc3c(cc2c1)c1ccccc1n3-c1ccc2sc3ccccc3c2c1-c1nc(-c2ccc3c(c2)oc2ccccc23)nc(-n2c3ccccc3c3ccccc32)n1. The monoisotopic (exact) mass is 809 g/mol. The number of fused-ring (bicyclic) bond motifs is 13. The van der Waals surface area contributed by atoms with E-state index in [4.69, 9.17) is 19.4 Å². The summed E-state index contributed by atoms with van der Waals surface area (Å²) in [5.74, 6) is 1.69. The Hall–Kier alpha value is -8.13. The standard InChI is InChI=1S/C55H31N5OS/c1-2-14-33-30-46-41(29-32(33)13-1)37-17-5-8-20-42(37)59(46)45-27-28-50-51(40-19-7-12-24-49(40)62-50)52(45)54-56-53(34-25-26-39-38-18-6-11-23-47(38)61-48(39)31-34)57-55(58-54)60-43-21-9-3-15-35(43)36-16-4-10-22-44(36)60/h1-31H. The molecule has 0 fully saturated rings. The topological polar surface area (TPSA) is 61.7 Å². The molecule has 288 valence electrons. The molecule has 5 aromatic heterocycles. The number of aromatic nitrogens is 5. The van der Waals surface area contributed by atoms with Crippen molar-refractivity contribution in [3.05, 3.63) is 188 Å². The maximum atomic E-state index is 6.44. The number of benzene rings is 9. The van der Waals surface area contributed by atoms with Gasteiger partial charge in [-0.2, -0.15) is 9.97 Å². The fourth-order valence-electron chi connectivity index (χ4n) is 9.84. The second-order valence-corrected chi connectivity index (χ2v) is 17.0. The minimum absolute atomic E-state index is 0.544. The fraction of sp³-hybridized carbons (Fsp3) is 0. The molecule has 14 aromatic rings. The van der Waals surface area contributed by atoms with Crippen molar-refractivity contribution < 1.29 is 4.42 Å². The van der Waals surface area contributed by atoms with Gasteiger partial charge >= 0.3 is 0 Å². The third kappa shape index (κ3) is 4.76. The van der Waals surface area contributed by atoms with Crippen LogP contribution in [-0.2, 0) is 0 Å². The van der Waals surface area contributed by atoms with Crippen molar-refractivity contribution in [1.29, 1.82) is 0 Å². The average molecular weight is 810 g/mol. The molecule has 0 saturated heterocycles. The van der Waals surface area contributed by atoms with Crippen molar-refractivity contribution in [2.75, 3.05) is 0 Å². The van der Waals surface area contributed by atoms with Crippen LogP contribution in [0.3, 0.4) is 0 Å². The van der Waals surface area contributed by atoms with Crippen molar-refractivity contribution in [1.82, 2.24) is 24.1 Å². The highest BCUT2D eigenvalue weighted by Gasteiger charge is 2.25. The molecule has 5 heterocycles. The second kappa shape index (κ2) is 12.7. The molecule has 0 amide bonds. The number of hydrogen-bond acceptors (Lipinski definition) is 5. The van der Waals surface area contributed by atoms with Gasteiger partial charge in [-0.1, -0.05) is 121 Å². The van der Waals surface area contributed by atoms with Gasteiger partial charge in [0.05, 0.1) is 33.3 Å². The third-order valence-electron chi connectivity index (χ3n) is 12.6. The molecule has 0 saturated carbocycles. The molecule has 7 heteroatoms. The van der Waals surface area contributed by atoms with Crippen molar-refractivity contribution in [3.8, 4) is 34.4 Å². The molecule has 0 radical (unpaired) electrons. The van der Waals surface area contributed by atoms with E-state index < -0.39 is 0 Å². The Morgan fingerprint density at radius 1 is 0.387 bits per heavy atom. The maximum Gasteiger partial charge on any atom is 0.238 e. The van der Waals surface area contributed by atoms with Crippen LogP contribution in [0.1, 0.15) is 0 Å². The van der Waals surface area contributed by atoms with Gasteiger partial charge in [0.25, 0.3) is 0 Å². The van der Waals surface area contributed by atoms with E-state index in [9.17, 15) is 0 Å². The van der Waals surface area contributed by atoms with Crippen LogP contribution in [0.2, 0.25) is 0 Å². The Kier molecular flexibility index (Phi) is 6.89. The smallest absolute Gasteiger partial charge is 0.238 e.